The first-order valence-corrected chi connectivity index (χ1v) is 4.22. The molecule has 2 rings (SSSR count). The first-order valence-electron chi connectivity index (χ1n) is 4.22. The summed E-state index contributed by atoms with van der Waals surface area (Å²) in [5.41, 5.74) is 1.31. The number of hydrogen-bond donors (Lipinski definition) is 1. The van der Waals surface area contributed by atoms with E-state index in [2.05, 4.69) is 5.32 Å². The molecule has 1 fully saturated rings. The number of rotatable bonds is 3. The molecule has 1 aliphatic heterocycles. The molecule has 1 aromatic carbocycles. The Bertz CT molecular complexity index is 317. The molecule has 0 radical (unpaired) electrons. The number of benzene rings is 1. The van der Waals surface area contributed by atoms with E-state index in [0.717, 1.165) is 18.5 Å². The molecule has 1 N–H and O–H groups in total. The minimum Gasteiger partial charge on any atom is -0.311 e. The van der Waals surface area contributed by atoms with Crippen LogP contribution in [0, 0.1) is 10.1 Å². The molecule has 1 atom stereocenters. The largest absolute Gasteiger partial charge is 0.311 e. The molecule has 0 unspecified atom stereocenters. The highest BCUT2D eigenvalue weighted by Gasteiger charge is 2.20. The molecule has 0 amide bonds. The van der Waals surface area contributed by atoms with Gasteiger partial charge in [-0.25, -0.2) is 0 Å². The van der Waals surface area contributed by atoms with Crippen molar-refractivity contribution in [1.82, 2.24) is 5.32 Å². The van der Waals surface area contributed by atoms with Crippen LogP contribution in [0.4, 0.5) is 5.69 Å². The van der Waals surface area contributed by atoms with E-state index >= 15 is 0 Å². The minimum atomic E-state index is -0.376. The van der Waals surface area contributed by atoms with Gasteiger partial charge in [-0.3, -0.25) is 10.1 Å². The summed E-state index contributed by atoms with van der Waals surface area (Å²) in [5, 5.41) is 13.5. The second-order valence-electron chi connectivity index (χ2n) is 3.23. The Hall–Kier alpha value is -1.42. The molecule has 0 saturated carbocycles. The molecule has 68 valence electrons. The number of non-ortho nitro benzene ring substituents is 1. The standard InChI is InChI=1S/C9H10N2O2/c12-11(13)9-3-1-7(2-4-9)5-8-6-10-8/h1-4,8,10H,5-6H2/t8-/m0/s1. The Morgan fingerprint density at radius 1 is 1.46 bits per heavy atom. The first-order chi connectivity index (χ1) is 6.25. The fourth-order valence-electron chi connectivity index (χ4n) is 1.27. The summed E-state index contributed by atoms with van der Waals surface area (Å²) in [6.07, 6.45) is 0.970. The molecule has 0 spiro atoms. The normalized spacial score (nSPS) is 19.8. The third-order valence-corrected chi connectivity index (χ3v) is 2.12. The van der Waals surface area contributed by atoms with Crippen molar-refractivity contribution < 1.29 is 4.92 Å². The van der Waals surface area contributed by atoms with Gasteiger partial charge in [0.2, 0.25) is 0 Å². The summed E-state index contributed by atoms with van der Waals surface area (Å²) in [7, 11) is 0. The smallest absolute Gasteiger partial charge is 0.269 e. The highest BCUT2D eigenvalue weighted by atomic mass is 16.6. The quantitative estimate of drug-likeness (QED) is 0.428. The molecule has 0 bridgehead atoms. The molecule has 0 aliphatic carbocycles. The van der Waals surface area contributed by atoms with E-state index in [4.69, 9.17) is 0 Å². The third kappa shape index (κ3) is 2.03. The molecule has 4 heteroatoms. The Morgan fingerprint density at radius 2 is 2.08 bits per heavy atom. The second-order valence-corrected chi connectivity index (χ2v) is 3.23. The van der Waals surface area contributed by atoms with E-state index in [-0.39, 0.29) is 10.6 Å². The van der Waals surface area contributed by atoms with Gasteiger partial charge in [0.15, 0.2) is 0 Å². The van der Waals surface area contributed by atoms with Gasteiger partial charge in [0.05, 0.1) is 4.92 Å². The summed E-state index contributed by atoms with van der Waals surface area (Å²) >= 11 is 0. The lowest BCUT2D eigenvalue weighted by molar-refractivity contribution is -0.384. The third-order valence-electron chi connectivity index (χ3n) is 2.12. The minimum absolute atomic E-state index is 0.160. The summed E-state index contributed by atoms with van der Waals surface area (Å²) < 4.78 is 0. The summed E-state index contributed by atoms with van der Waals surface area (Å²) in [4.78, 5) is 9.96. The van der Waals surface area contributed by atoms with Crippen molar-refractivity contribution in [3.8, 4) is 0 Å². The van der Waals surface area contributed by atoms with Crippen molar-refractivity contribution in [2.45, 2.75) is 12.5 Å². The fourth-order valence-corrected chi connectivity index (χ4v) is 1.27. The lowest BCUT2D eigenvalue weighted by Gasteiger charge is -1.97. The molecule has 1 saturated heterocycles. The molecule has 13 heavy (non-hydrogen) atoms. The average Bonchev–Trinajstić information content (AvgIpc) is 2.89. The van der Waals surface area contributed by atoms with Crippen LogP contribution >= 0.6 is 0 Å². The van der Waals surface area contributed by atoms with Crippen LogP contribution < -0.4 is 5.32 Å². The van der Waals surface area contributed by atoms with Gasteiger partial charge in [0, 0.05) is 24.7 Å². The number of nitro groups is 1. The van der Waals surface area contributed by atoms with E-state index in [9.17, 15) is 10.1 Å². The maximum atomic E-state index is 10.3. The van der Waals surface area contributed by atoms with Gasteiger partial charge in [-0.15, -0.1) is 0 Å². The first kappa shape index (κ1) is 8.19. The lowest BCUT2D eigenvalue weighted by atomic mass is 10.1. The zero-order valence-corrected chi connectivity index (χ0v) is 7.06. The number of nitro benzene ring substituents is 1. The van der Waals surface area contributed by atoms with Crippen LogP contribution in [0.25, 0.3) is 0 Å². The van der Waals surface area contributed by atoms with Gasteiger partial charge in [-0.2, -0.15) is 0 Å². The van der Waals surface area contributed by atoms with Crippen molar-refractivity contribution in [1.29, 1.82) is 0 Å². The predicted molar refractivity (Wildman–Crippen MR) is 48.6 cm³/mol. The molecule has 0 aromatic heterocycles. The Kier molecular flexibility index (Phi) is 1.98. The number of nitrogens with zero attached hydrogens (tertiary/aromatic N) is 1. The van der Waals surface area contributed by atoms with E-state index in [1.165, 1.54) is 0 Å². The molecular formula is C9H10N2O2. The van der Waals surface area contributed by atoms with E-state index in [1.807, 2.05) is 12.1 Å². The monoisotopic (exact) mass is 178 g/mol. The van der Waals surface area contributed by atoms with Crippen LogP contribution in [0.5, 0.6) is 0 Å². The van der Waals surface area contributed by atoms with E-state index in [1.54, 1.807) is 12.1 Å². The van der Waals surface area contributed by atoms with Crippen LogP contribution in [-0.2, 0) is 6.42 Å². The van der Waals surface area contributed by atoms with Crippen LogP contribution in [-0.4, -0.2) is 17.5 Å². The van der Waals surface area contributed by atoms with E-state index < -0.39 is 0 Å². The van der Waals surface area contributed by atoms with Gasteiger partial charge < -0.3 is 5.32 Å². The Morgan fingerprint density at radius 3 is 2.54 bits per heavy atom. The Labute approximate surface area is 75.7 Å². The molecule has 1 aromatic rings. The summed E-state index contributed by atoms with van der Waals surface area (Å²) in [5.74, 6) is 0. The summed E-state index contributed by atoms with van der Waals surface area (Å²) in [6, 6.07) is 7.33. The predicted octanol–water partition coefficient (Wildman–Crippen LogP) is 1.11. The van der Waals surface area contributed by atoms with Crippen molar-refractivity contribution >= 4 is 5.69 Å². The van der Waals surface area contributed by atoms with Gasteiger partial charge in [-0.1, -0.05) is 12.1 Å². The van der Waals surface area contributed by atoms with Crippen molar-refractivity contribution in [2.75, 3.05) is 6.54 Å². The molecule has 1 heterocycles. The average molecular weight is 178 g/mol. The zero-order valence-electron chi connectivity index (χ0n) is 7.06. The van der Waals surface area contributed by atoms with Crippen LogP contribution in [0.3, 0.4) is 0 Å². The van der Waals surface area contributed by atoms with Gasteiger partial charge >= 0.3 is 0 Å². The van der Waals surface area contributed by atoms with Crippen molar-refractivity contribution in [2.24, 2.45) is 0 Å². The molecule has 4 nitrogen and oxygen atoms in total. The van der Waals surface area contributed by atoms with Gasteiger partial charge in [0.1, 0.15) is 0 Å². The van der Waals surface area contributed by atoms with Gasteiger partial charge in [0.25, 0.3) is 5.69 Å². The number of nitrogens with one attached hydrogen (secondary N) is 1. The highest BCUT2D eigenvalue weighted by Crippen LogP contribution is 2.14. The SMILES string of the molecule is O=[N+]([O-])c1ccc(C[C@H]2CN2)cc1. The maximum absolute atomic E-state index is 10.3. The summed E-state index contributed by atoms with van der Waals surface area (Å²) in [6.45, 7) is 1.07. The van der Waals surface area contributed by atoms with Crippen LogP contribution in [0.15, 0.2) is 24.3 Å². The number of hydrogen-bond acceptors (Lipinski definition) is 3. The molecule has 1 aliphatic rings. The Balaban J connectivity index is 2.08. The molecular weight excluding hydrogens is 168 g/mol. The van der Waals surface area contributed by atoms with Crippen LogP contribution in [0.1, 0.15) is 5.56 Å². The fraction of sp³-hybridized carbons (Fsp3) is 0.333. The second kappa shape index (κ2) is 3.14. The van der Waals surface area contributed by atoms with Gasteiger partial charge in [-0.05, 0) is 12.0 Å². The van der Waals surface area contributed by atoms with Crippen molar-refractivity contribution in [3.05, 3.63) is 39.9 Å². The topological polar surface area (TPSA) is 65.1 Å². The maximum Gasteiger partial charge on any atom is 0.269 e. The lowest BCUT2D eigenvalue weighted by Crippen LogP contribution is -1.96. The highest BCUT2D eigenvalue weighted by molar-refractivity contribution is 5.33. The zero-order chi connectivity index (χ0) is 9.26. The van der Waals surface area contributed by atoms with Crippen LogP contribution in [0.2, 0.25) is 0 Å². The van der Waals surface area contributed by atoms with Crippen molar-refractivity contribution in [3.63, 3.8) is 0 Å². The van der Waals surface area contributed by atoms with E-state index in [0.29, 0.717) is 6.04 Å².